The van der Waals surface area contributed by atoms with Gasteiger partial charge in [-0.2, -0.15) is 11.3 Å². The van der Waals surface area contributed by atoms with Gasteiger partial charge in [0.2, 0.25) is 5.91 Å². The molecule has 0 radical (unpaired) electrons. The third kappa shape index (κ3) is 1.94. The second-order valence-corrected chi connectivity index (χ2v) is 3.25. The lowest BCUT2D eigenvalue weighted by molar-refractivity contribution is -0.120. The Bertz CT molecular complexity index is 235. The number of halogens is 1. The summed E-state index contributed by atoms with van der Waals surface area (Å²) < 4.78 is 0. The van der Waals surface area contributed by atoms with E-state index in [1.807, 2.05) is 16.8 Å². The first-order valence-electron chi connectivity index (χ1n) is 3.13. The highest BCUT2D eigenvalue weighted by atomic mass is 35.5. The number of alkyl halides is 1. The summed E-state index contributed by atoms with van der Waals surface area (Å²) in [5, 5.41) is 5.70. The molecule has 0 spiro atoms. The molecule has 0 fully saturated rings. The summed E-state index contributed by atoms with van der Waals surface area (Å²) in [6, 6.07) is 1.84. The SMILES string of the molecule is CNC(=O)C(Cl)c1ccsc1. The van der Waals surface area contributed by atoms with Crippen LogP contribution >= 0.6 is 22.9 Å². The smallest absolute Gasteiger partial charge is 0.242 e. The van der Waals surface area contributed by atoms with Crippen LogP contribution in [0.4, 0.5) is 0 Å². The van der Waals surface area contributed by atoms with Gasteiger partial charge in [0.25, 0.3) is 0 Å². The zero-order chi connectivity index (χ0) is 8.27. The number of likely N-dealkylation sites (N-methyl/N-ethyl adjacent to an activating group) is 1. The average molecular weight is 190 g/mol. The molecular formula is C7H8ClNOS. The Morgan fingerprint density at radius 2 is 2.55 bits per heavy atom. The molecule has 1 amide bonds. The topological polar surface area (TPSA) is 29.1 Å². The molecule has 0 bridgehead atoms. The summed E-state index contributed by atoms with van der Waals surface area (Å²) in [5.74, 6) is -0.162. The first-order valence-corrected chi connectivity index (χ1v) is 4.51. The summed E-state index contributed by atoms with van der Waals surface area (Å²) in [7, 11) is 1.57. The molecular weight excluding hydrogens is 182 g/mol. The predicted molar refractivity (Wildman–Crippen MR) is 47.0 cm³/mol. The Morgan fingerprint density at radius 3 is 3.00 bits per heavy atom. The monoisotopic (exact) mass is 189 g/mol. The van der Waals surface area contributed by atoms with Crippen molar-refractivity contribution in [3.8, 4) is 0 Å². The van der Waals surface area contributed by atoms with Crippen LogP contribution in [0.15, 0.2) is 16.8 Å². The lowest BCUT2D eigenvalue weighted by Gasteiger charge is -2.03. The highest BCUT2D eigenvalue weighted by Crippen LogP contribution is 2.22. The molecule has 11 heavy (non-hydrogen) atoms. The second-order valence-electron chi connectivity index (χ2n) is 2.03. The van der Waals surface area contributed by atoms with Crippen LogP contribution in [0.25, 0.3) is 0 Å². The number of thiophene rings is 1. The zero-order valence-corrected chi connectivity index (χ0v) is 7.58. The molecule has 0 saturated heterocycles. The Labute approximate surface area is 74.2 Å². The second kappa shape index (κ2) is 3.74. The van der Waals surface area contributed by atoms with Crippen LogP contribution in [0.5, 0.6) is 0 Å². The molecule has 0 aliphatic rings. The van der Waals surface area contributed by atoms with Crippen molar-refractivity contribution in [2.45, 2.75) is 5.38 Å². The van der Waals surface area contributed by atoms with Gasteiger partial charge < -0.3 is 5.32 Å². The van der Waals surface area contributed by atoms with Gasteiger partial charge in [0.1, 0.15) is 5.38 Å². The molecule has 0 saturated carbocycles. The molecule has 1 atom stereocenters. The van der Waals surface area contributed by atoms with Crippen molar-refractivity contribution in [3.05, 3.63) is 22.4 Å². The van der Waals surface area contributed by atoms with Crippen molar-refractivity contribution < 1.29 is 4.79 Å². The van der Waals surface area contributed by atoms with E-state index in [1.165, 1.54) is 11.3 Å². The number of carbonyl (C=O) groups is 1. The van der Waals surface area contributed by atoms with E-state index in [0.29, 0.717) is 0 Å². The fourth-order valence-electron chi connectivity index (χ4n) is 0.697. The minimum absolute atomic E-state index is 0.162. The fourth-order valence-corrected chi connectivity index (χ4v) is 1.70. The highest BCUT2D eigenvalue weighted by Gasteiger charge is 2.15. The summed E-state index contributed by atoms with van der Waals surface area (Å²) in [5.41, 5.74) is 0.857. The van der Waals surface area contributed by atoms with E-state index in [-0.39, 0.29) is 5.91 Å². The fraction of sp³-hybridized carbons (Fsp3) is 0.286. The van der Waals surface area contributed by atoms with E-state index in [4.69, 9.17) is 11.6 Å². The Morgan fingerprint density at radius 1 is 1.82 bits per heavy atom. The number of rotatable bonds is 2. The molecule has 2 nitrogen and oxygen atoms in total. The molecule has 4 heteroatoms. The Kier molecular flexibility index (Phi) is 2.91. The molecule has 0 aliphatic carbocycles. The molecule has 1 rings (SSSR count). The van der Waals surface area contributed by atoms with Gasteiger partial charge in [-0.05, 0) is 22.4 Å². The summed E-state index contributed by atoms with van der Waals surface area (Å²) in [6.07, 6.45) is 0. The summed E-state index contributed by atoms with van der Waals surface area (Å²) in [6.45, 7) is 0. The van der Waals surface area contributed by atoms with E-state index >= 15 is 0 Å². The van der Waals surface area contributed by atoms with E-state index < -0.39 is 5.38 Å². The largest absolute Gasteiger partial charge is 0.358 e. The Hall–Kier alpha value is -0.540. The molecule has 0 aromatic carbocycles. The van der Waals surface area contributed by atoms with Crippen molar-refractivity contribution in [2.75, 3.05) is 7.05 Å². The molecule has 1 aromatic heterocycles. The van der Waals surface area contributed by atoms with Gasteiger partial charge in [-0.25, -0.2) is 0 Å². The lowest BCUT2D eigenvalue weighted by Crippen LogP contribution is -2.22. The molecule has 1 aromatic rings. The van der Waals surface area contributed by atoms with Crippen LogP contribution in [0.1, 0.15) is 10.9 Å². The molecule has 1 unspecified atom stereocenters. The average Bonchev–Trinajstić information content (AvgIpc) is 2.53. The van der Waals surface area contributed by atoms with Gasteiger partial charge in [-0.3, -0.25) is 4.79 Å². The summed E-state index contributed by atoms with van der Waals surface area (Å²) in [4.78, 5) is 11.0. The van der Waals surface area contributed by atoms with Gasteiger partial charge in [-0.15, -0.1) is 11.6 Å². The van der Waals surface area contributed by atoms with Crippen molar-refractivity contribution >= 4 is 28.8 Å². The maximum Gasteiger partial charge on any atom is 0.242 e. The molecule has 60 valence electrons. The standard InChI is InChI=1S/C7H8ClNOS/c1-9-7(10)6(8)5-2-3-11-4-5/h2-4,6H,1H3,(H,9,10). The van der Waals surface area contributed by atoms with E-state index in [9.17, 15) is 4.79 Å². The van der Waals surface area contributed by atoms with Crippen molar-refractivity contribution in [3.63, 3.8) is 0 Å². The highest BCUT2D eigenvalue weighted by molar-refractivity contribution is 7.08. The first-order chi connectivity index (χ1) is 5.25. The number of hydrogen-bond donors (Lipinski definition) is 1. The van der Waals surface area contributed by atoms with Crippen LogP contribution in [-0.4, -0.2) is 13.0 Å². The molecule has 0 aliphatic heterocycles. The van der Waals surface area contributed by atoms with Crippen LogP contribution in [0, 0.1) is 0 Å². The van der Waals surface area contributed by atoms with Crippen molar-refractivity contribution in [2.24, 2.45) is 0 Å². The van der Waals surface area contributed by atoms with Crippen molar-refractivity contribution in [1.29, 1.82) is 0 Å². The van der Waals surface area contributed by atoms with E-state index in [2.05, 4.69) is 5.32 Å². The number of nitrogens with one attached hydrogen (secondary N) is 1. The molecule has 1 N–H and O–H groups in total. The maximum absolute atomic E-state index is 11.0. The maximum atomic E-state index is 11.0. The third-order valence-corrected chi connectivity index (χ3v) is 2.46. The van der Waals surface area contributed by atoms with Gasteiger partial charge >= 0.3 is 0 Å². The lowest BCUT2D eigenvalue weighted by atomic mass is 10.2. The van der Waals surface area contributed by atoms with Gasteiger partial charge in [-0.1, -0.05) is 0 Å². The van der Waals surface area contributed by atoms with Crippen LogP contribution in [0.2, 0.25) is 0 Å². The summed E-state index contributed by atoms with van der Waals surface area (Å²) >= 11 is 7.32. The van der Waals surface area contributed by atoms with Crippen LogP contribution in [-0.2, 0) is 4.79 Å². The zero-order valence-electron chi connectivity index (χ0n) is 6.00. The van der Waals surface area contributed by atoms with Crippen LogP contribution in [0.3, 0.4) is 0 Å². The third-order valence-electron chi connectivity index (χ3n) is 1.31. The predicted octanol–water partition coefficient (Wildman–Crippen LogP) is 1.77. The van der Waals surface area contributed by atoms with Crippen molar-refractivity contribution in [1.82, 2.24) is 5.32 Å². The number of hydrogen-bond acceptors (Lipinski definition) is 2. The minimum atomic E-state index is -0.550. The van der Waals surface area contributed by atoms with E-state index in [0.717, 1.165) is 5.56 Å². The minimum Gasteiger partial charge on any atom is -0.358 e. The van der Waals surface area contributed by atoms with Gasteiger partial charge in [0.15, 0.2) is 0 Å². The Balaban J connectivity index is 2.70. The first kappa shape index (κ1) is 8.56. The normalized spacial score (nSPS) is 12.5. The molecule has 1 heterocycles. The van der Waals surface area contributed by atoms with E-state index in [1.54, 1.807) is 7.05 Å². The van der Waals surface area contributed by atoms with Gasteiger partial charge in [0, 0.05) is 7.05 Å². The number of amides is 1. The quantitative estimate of drug-likeness (QED) is 0.706. The number of carbonyl (C=O) groups excluding carboxylic acids is 1. The van der Waals surface area contributed by atoms with Gasteiger partial charge in [0.05, 0.1) is 0 Å². The van der Waals surface area contributed by atoms with Crippen LogP contribution < -0.4 is 5.32 Å².